The molecule has 6 heteroatoms. The van der Waals surface area contributed by atoms with E-state index in [2.05, 4.69) is 28.3 Å². The molecule has 2 heterocycles. The van der Waals surface area contributed by atoms with Crippen LogP contribution in [0, 0.1) is 0 Å². The van der Waals surface area contributed by atoms with Crippen LogP contribution in [0.3, 0.4) is 0 Å². The zero-order chi connectivity index (χ0) is 17.6. The van der Waals surface area contributed by atoms with Crippen LogP contribution in [0.4, 0.5) is 0 Å². The molecule has 2 aromatic heterocycles. The third-order valence-corrected chi connectivity index (χ3v) is 4.62. The predicted molar refractivity (Wildman–Crippen MR) is 103 cm³/mol. The minimum atomic E-state index is -0.198. The van der Waals surface area contributed by atoms with E-state index in [-0.39, 0.29) is 11.9 Å². The number of fused-ring (bicyclic) bond motifs is 1. The number of nitrogens with one attached hydrogen (secondary N) is 1. The summed E-state index contributed by atoms with van der Waals surface area (Å²) >= 11 is 1.74. The lowest BCUT2D eigenvalue weighted by molar-refractivity contribution is 0.0934. The number of benzene rings is 1. The topological polar surface area (TPSA) is 59.3 Å². The van der Waals surface area contributed by atoms with Crippen molar-refractivity contribution in [2.75, 3.05) is 12.0 Å². The smallest absolute Gasteiger partial charge is 0.251 e. The highest BCUT2D eigenvalue weighted by Crippen LogP contribution is 2.19. The predicted octanol–water partition coefficient (Wildman–Crippen LogP) is 3.60. The monoisotopic (exact) mass is 352 g/mol. The van der Waals surface area contributed by atoms with Gasteiger partial charge in [-0.3, -0.25) is 9.20 Å². The van der Waals surface area contributed by atoms with Gasteiger partial charge < -0.3 is 5.32 Å². The number of hydrogen-bond donors (Lipinski definition) is 1. The van der Waals surface area contributed by atoms with E-state index in [1.54, 1.807) is 30.0 Å². The third kappa shape index (κ3) is 3.91. The van der Waals surface area contributed by atoms with Crippen LogP contribution in [0.1, 0.15) is 34.2 Å². The Kier molecular flexibility index (Phi) is 5.50. The highest BCUT2D eigenvalue weighted by Gasteiger charge is 2.20. The average molecular weight is 352 g/mol. The number of carbonyl (C=O) groups excluding carboxylic acids is 1. The highest BCUT2D eigenvalue weighted by molar-refractivity contribution is 7.98. The number of amides is 1. The summed E-state index contributed by atoms with van der Waals surface area (Å²) in [6.07, 6.45) is 6.51. The van der Waals surface area contributed by atoms with Crippen molar-refractivity contribution in [3.8, 4) is 0 Å². The Hall–Kier alpha value is -2.60. The number of hydrogen-bond acceptors (Lipinski definition) is 4. The van der Waals surface area contributed by atoms with Gasteiger partial charge in [-0.05, 0) is 48.3 Å². The lowest BCUT2D eigenvalue weighted by Crippen LogP contribution is -2.30. The standard InChI is InChI=1S/C19H20N4OS/c1-3-14-7-9-15(10-8-14)19(24)20-16(11-13-25-2)18-22-21-17-6-4-5-12-23(17)18/h3-10,12,16H,1,11,13H2,2H3,(H,20,24)/t16-/m1/s1. The molecule has 0 unspecified atom stereocenters. The quantitative estimate of drug-likeness (QED) is 0.706. The molecule has 0 fully saturated rings. The van der Waals surface area contributed by atoms with Gasteiger partial charge in [0.15, 0.2) is 11.5 Å². The number of thioether (sulfide) groups is 1. The van der Waals surface area contributed by atoms with Crippen LogP contribution in [0.15, 0.2) is 55.2 Å². The summed E-state index contributed by atoms with van der Waals surface area (Å²) in [5.74, 6) is 1.55. The van der Waals surface area contributed by atoms with E-state index >= 15 is 0 Å². The number of rotatable bonds is 7. The molecule has 0 saturated carbocycles. The van der Waals surface area contributed by atoms with E-state index in [9.17, 15) is 4.79 Å². The van der Waals surface area contributed by atoms with Crippen LogP contribution in [-0.4, -0.2) is 32.5 Å². The minimum absolute atomic E-state index is 0.116. The van der Waals surface area contributed by atoms with Crippen LogP contribution in [0.25, 0.3) is 11.7 Å². The third-order valence-electron chi connectivity index (χ3n) is 3.98. The van der Waals surface area contributed by atoms with Crippen LogP contribution in [0.2, 0.25) is 0 Å². The first kappa shape index (κ1) is 17.2. The summed E-state index contributed by atoms with van der Waals surface area (Å²) in [5, 5.41) is 11.6. The van der Waals surface area contributed by atoms with Crippen LogP contribution >= 0.6 is 11.8 Å². The Bertz CT molecular complexity index is 873. The molecule has 128 valence electrons. The first-order valence-electron chi connectivity index (χ1n) is 8.05. The molecule has 1 aromatic carbocycles. The highest BCUT2D eigenvalue weighted by atomic mass is 32.2. The molecule has 0 aliphatic heterocycles. The summed E-state index contributed by atoms with van der Waals surface area (Å²) in [6, 6.07) is 12.9. The fourth-order valence-corrected chi connectivity index (χ4v) is 3.08. The second-order valence-corrected chi connectivity index (χ2v) is 6.61. The first-order chi connectivity index (χ1) is 12.2. The van der Waals surface area contributed by atoms with Gasteiger partial charge in [-0.25, -0.2) is 0 Å². The van der Waals surface area contributed by atoms with Crippen LogP contribution in [-0.2, 0) is 0 Å². The zero-order valence-electron chi connectivity index (χ0n) is 14.1. The molecule has 1 N–H and O–H groups in total. The Morgan fingerprint density at radius 3 is 2.80 bits per heavy atom. The lowest BCUT2D eigenvalue weighted by Gasteiger charge is -2.17. The molecule has 0 saturated heterocycles. The zero-order valence-corrected chi connectivity index (χ0v) is 14.9. The average Bonchev–Trinajstić information content (AvgIpc) is 3.09. The summed E-state index contributed by atoms with van der Waals surface area (Å²) in [4.78, 5) is 12.6. The molecule has 0 spiro atoms. The van der Waals surface area contributed by atoms with Gasteiger partial charge >= 0.3 is 0 Å². The molecule has 5 nitrogen and oxygen atoms in total. The van der Waals surface area contributed by atoms with E-state index in [1.807, 2.05) is 40.9 Å². The van der Waals surface area contributed by atoms with Crippen molar-refractivity contribution >= 4 is 29.4 Å². The Balaban J connectivity index is 1.85. The maximum Gasteiger partial charge on any atom is 0.251 e. The molecule has 0 bridgehead atoms. The molecule has 0 radical (unpaired) electrons. The minimum Gasteiger partial charge on any atom is -0.342 e. The molecule has 0 aliphatic rings. The maximum atomic E-state index is 12.6. The van der Waals surface area contributed by atoms with Crippen molar-refractivity contribution in [3.63, 3.8) is 0 Å². The van der Waals surface area contributed by atoms with Crippen molar-refractivity contribution in [1.29, 1.82) is 0 Å². The van der Waals surface area contributed by atoms with E-state index in [1.165, 1.54) is 0 Å². The molecule has 25 heavy (non-hydrogen) atoms. The summed E-state index contributed by atoms with van der Waals surface area (Å²) < 4.78 is 1.92. The van der Waals surface area contributed by atoms with Crippen LogP contribution < -0.4 is 5.32 Å². The normalized spacial score (nSPS) is 12.0. The second kappa shape index (κ2) is 7.98. The lowest BCUT2D eigenvalue weighted by atomic mass is 10.1. The SMILES string of the molecule is C=Cc1ccc(C(=O)N[C@H](CCSC)c2nnc3ccccn23)cc1. The van der Waals surface area contributed by atoms with Gasteiger partial charge in [-0.1, -0.05) is 30.9 Å². The van der Waals surface area contributed by atoms with Gasteiger partial charge in [0.2, 0.25) is 0 Å². The number of pyridine rings is 1. The molecule has 0 aliphatic carbocycles. The van der Waals surface area contributed by atoms with Gasteiger partial charge in [0, 0.05) is 11.8 Å². The second-order valence-electron chi connectivity index (χ2n) is 5.62. The Morgan fingerprint density at radius 2 is 2.08 bits per heavy atom. The van der Waals surface area contributed by atoms with Crippen molar-refractivity contribution < 1.29 is 4.79 Å². The Morgan fingerprint density at radius 1 is 1.28 bits per heavy atom. The number of nitrogens with zero attached hydrogens (tertiary/aromatic N) is 3. The van der Waals surface area contributed by atoms with E-state index in [0.717, 1.165) is 29.2 Å². The van der Waals surface area contributed by atoms with E-state index in [4.69, 9.17) is 0 Å². The maximum absolute atomic E-state index is 12.6. The fourth-order valence-electron chi connectivity index (χ4n) is 2.61. The summed E-state index contributed by atoms with van der Waals surface area (Å²) in [7, 11) is 0. The Labute approximate surface area is 151 Å². The van der Waals surface area contributed by atoms with Gasteiger partial charge in [-0.2, -0.15) is 11.8 Å². The van der Waals surface area contributed by atoms with Gasteiger partial charge in [0.05, 0.1) is 6.04 Å². The fraction of sp³-hybridized carbons (Fsp3) is 0.211. The molecular weight excluding hydrogens is 332 g/mol. The molecular formula is C19H20N4OS. The molecule has 1 atom stereocenters. The van der Waals surface area contributed by atoms with Crippen LogP contribution in [0.5, 0.6) is 0 Å². The molecule has 3 aromatic rings. The number of carbonyl (C=O) groups is 1. The largest absolute Gasteiger partial charge is 0.342 e. The summed E-state index contributed by atoms with van der Waals surface area (Å²) in [6.45, 7) is 3.73. The van der Waals surface area contributed by atoms with E-state index < -0.39 is 0 Å². The van der Waals surface area contributed by atoms with Crippen molar-refractivity contribution in [2.45, 2.75) is 12.5 Å². The van der Waals surface area contributed by atoms with Gasteiger partial charge in [0.1, 0.15) is 0 Å². The molecule has 1 amide bonds. The van der Waals surface area contributed by atoms with Crippen molar-refractivity contribution in [2.24, 2.45) is 0 Å². The number of aromatic nitrogens is 3. The van der Waals surface area contributed by atoms with Gasteiger partial charge in [0.25, 0.3) is 5.91 Å². The van der Waals surface area contributed by atoms with E-state index in [0.29, 0.717) is 5.56 Å². The van der Waals surface area contributed by atoms with Crippen molar-refractivity contribution in [3.05, 3.63) is 72.2 Å². The first-order valence-corrected chi connectivity index (χ1v) is 9.44. The van der Waals surface area contributed by atoms with Crippen molar-refractivity contribution in [1.82, 2.24) is 19.9 Å². The summed E-state index contributed by atoms with van der Waals surface area (Å²) in [5.41, 5.74) is 2.38. The van der Waals surface area contributed by atoms with Gasteiger partial charge in [-0.15, -0.1) is 10.2 Å². The molecule has 3 rings (SSSR count).